The van der Waals surface area contributed by atoms with E-state index in [1.807, 2.05) is 26.4 Å². The van der Waals surface area contributed by atoms with Crippen molar-refractivity contribution in [1.82, 2.24) is 9.55 Å². The molecule has 78 valence electrons. The van der Waals surface area contributed by atoms with E-state index < -0.39 is 0 Å². The lowest BCUT2D eigenvalue weighted by molar-refractivity contribution is 0.515. The van der Waals surface area contributed by atoms with Crippen LogP contribution in [0, 0.1) is 12.8 Å². The summed E-state index contributed by atoms with van der Waals surface area (Å²) in [7, 11) is 0. The van der Waals surface area contributed by atoms with Crippen LogP contribution >= 0.6 is 13.5 Å². The van der Waals surface area contributed by atoms with E-state index in [0.717, 1.165) is 6.54 Å². The molecule has 0 aliphatic heterocycles. The molecule has 3 heteroatoms. The van der Waals surface area contributed by atoms with E-state index in [0.29, 0.717) is 5.92 Å². The summed E-state index contributed by atoms with van der Waals surface area (Å²) in [5.74, 6) is 0.702. The fraction of sp³-hybridized carbons (Fsp3) is 0.700. The summed E-state index contributed by atoms with van der Waals surface area (Å²) in [4.78, 5) is 4.04. The Balaban J connectivity index is 0. The van der Waals surface area contributed by atoms with Gasteiger partial charge < -0.3 is 4.57 Å². The highest BCUT2D eigenvalue weighted by Crippen LogP contribution is 2.01. The number of hydrogen-bond donors (Lipinski definition) is 0. The fourth-order valence-electron chi connectivity index (χ4n) is 0.971. The Bertz CT molecular complexity index is 206. The van der Waals surface area contributed by atoms with Gasteiger partial charge in [0.05, 0.1) is 6.33 Å². The van der Waals surface area contributed by atoms with Crippen LogP contribution in [-0.4, -0.2) is 9.55 Å². The molecule has 0 amide bonds. The predicted octanol–water partition coefficient (Wildman–Crippen LogP) is 2.99. The Kier molecular flexibility index (Phi) is 9.46. The van der Waals surface area contributed by atoms with E-state index in [2.05, 4.69) is 30.3 Å². The van der Waals surface area contributed by atoms with Gasteiger partial charge in [-0.15, -0.1) is 0 Å². The highest BCUT2D eigenvalue weighted by Gasteiger charge is 1.97. The summed E-state index contributed by atoms with van der Waals surface area (Å²) in [6, 6.07) is 0. The summed E-state index contributed by atoms with van der Waals surface area (Å²) in [6.45, 7) is 11.6. The Morgan fingerprint density at radius 2 is 1.92 bits per heavy atom. The van der Waals surface area contributed by atoms with Crippen LogP contribution in [0.3, 0.4) is 0 Å². The zero-order chi connectivity index (χ0) is 9.56. The average Bonchev–Trinajstić information content (AvgIpc) is 2.40. The molecule has 0 saturated carbocycles. The van der Waals surface area contributed by atoms with Crippen molar-refractivity contribution in [2.24, 2.45) is 5.92 Å². The maximum atomic E-state index is 4.04. The van der Waals surface area contributed by atoms with E-state index in [-0.39, 0.29) is 13.5 Å². The largest absolute Gasteiger partial charge is 0.335 e. The van der Waals surface area contributed by atoms with Crippen LogP contribution in [0.25, 0.3) is 0 Å². The van der Waals surface area contributed by atoms with Gasteiger partial charge >= 0.3 is 0 Å². The first-order chi connectivity index (χ1) is 5.70. The minimum absolute atomic E-state index is 0. The molecule has 0 radical (unpaired) electrons. The highest BCUT2D eigenvalue weighted by molar-refractivity contribution is 7.59. The topological polar surface area (TPSA) is 17.8 Å². The normalized spacial score (nSPS) is 8.77. The van der Waals surface area contributed by atoms with Crippen LogP contribution in [0.5, 0.6) is 0 Å². The Hall–Kier alpha value is -0.440. The quantitative estimate of drug-likeness (QED) is 0.721. The van der Waals surface area contributed by atoms with Crippen molar-refractivity contribution in [2.75, 3.05) is 0 Å². The van der Waals surface area contributed by atoms with Crippen molar-refractivity contribution in [3.8, 4) is 0 Å². The van der Waals surface area contributed by atoms with E-state index in [1.165, 1.54) is 5.69 Å². The minimum Gasteiger partial charge on any atom is -0.335 e. The molecule has 0 fully saturated rings. The lowest BCUT2D eigenvalue weighted by Crippen LogP contribution is -2.04. The molecule has 1 aromatic heterocycles. The summed E-state index contributed by atoms with van der Waals surface area (Å²) in [5.41, 5.74) is 1.24. The van der Waals surface area contributed by atoms with Crippen LogP contribution in [0.1, 0.15) is 33.4 Å². The van der Waals surface area contributed by atoms with Crippen molar-refractivity contribution >= 4 is 13.5 Å². The first-order valence-electron chi connectivity index (χ1n) is 4.67. The number of imidazole rings is 1. The van der Waals surface area contributed by atoms with E-state index >= 15 is 0 Å². The molecule has 0 bridgehead atoms. The third-order valence-electron chi connectivity index (χ3n) is 1.48. The van der Waals surface area contributed by atoms with Gasteiger partial charge in [0.25, 0.3) is 0 Å². The van der Waals surface area contributed by atoms with Gasteiger partial charge in [-0.3, -0.25) is 0 Å². The van der Waals surface area contributed by atoms with Crippen LogP contribution < -0.4 is 0 Å². The molecule has 0 saturated heterocycles. The third kappa shape index (κ3) is 5.75. The van der Waals surface area contributed by atoms with Gasteiger partial charge in [0, 0.05) is 18.4 Å². The second-order valence-corrected chi connectivity index (χ2v) is 3.08. The fourth-order valence-corrected chi connectivity index (χ4v) is 0.971. The summed E-state index contributed by atoms with van der Waals surface area (Å²) in [5, 5.41) is 0. The van der Waals surface area contributed by atoms with Gasteiger partial charge in [-0.1, -0.05) is 27.7 Å². The van der Waals surface area contributed by atoms with Crippen molar-refractivity contribution in [3.63, 3.8) is 0 Å². The maximum Gasteiger partial charge on any atom is 0.0948 e. The number of rotatable bonds is 2. The molecular weight excluding hydrogens is 180 g/mol. The molecule has 0 aliphatic rings. The molecule has 1 aromatic rings. The standard InChI is InChI=1S/C8H14N2.C2H6.H2S/c1-7(2)5-10-6-9-4-8(10)3;1-2;/h4,6-7H,5H2,1-3H3;1-2H3;1H2. The lowest BCUT2D eigenvalue weighted by atomic mass is 10.2. The molecule has 1 heterocycles. The smallest absolute Gasteiger partial charge is 0.0948 e. The maximum absolute atomic E-state index is 4.04. The van der Waals surface area contributed by atoms with Crippen molar-refractivity contribution in [1.29, 1.82) is 0 Å². The summed E-state index contributed by atoms with van der Waals surface area (Å²) in [6.07, 6.45) is 3.78. The number of aromatic nitrogens is 2. The molecule has 1 rings (SSSR count). The van der Waals surface area contributed by atoms with Crippen molar-refractivity contribution in [3.05, 3.63) is 18.2 Å². The van der Waals surface area contributed by atoms with Gasteiger partial charge in [-0.2, -0.15) is 13.5 Å². The molecule has 0 atom stereocenters. The van der Waals surface area contributed by atoms with E-state index in [4.69, 9.17) is 0 Å². The van der Waals surface area contributed by atoms with Gasteiger partial charge in [0.15, 0.2) is 0 Å². The zero-order valence-electron chi connectivity index (χ0n) is 9.33. The zero-order valence-corrected chi connectivity index (χ0v) is 10.3. The summed E-state index contributed by atoms with van der Waals surface area (Å²) < 4.78 is 2.17. The molecule has 0 spiro atoms. The lowest BCUT2D eigenvalue weighted by Gasteiger charge is -2.06. The molecular formula is C10H22N2S. The molecule has 0 aliphatic carbocycles. The number of aryl methyl sites for hydroxylation is 1. The summed E-state index contributed by atoms with van der Waals surface area (Å²) >= 11 is 0. The third-order valence-corrected chi connectivity index (χ3v) is 1.48. The number of hydrogen-bond acceptors (Lipinski definition) is 1. The first kappa shape index (κ1) is 15.1. The monoisotopic (exact) mass is 202 g/mol. The SMILES string of the molecule is CC.Cc1cncn1CC(C)C.S. The molecule has 0 N–H and O–H groups in total. The van der Waals surface area contributed by atoms with Crippen LogP contribution in [0.15, 0.2) is 12.5 Å². The molecule has 13 heavy (non-hydrogen) atoms. The average molecular weight is 202 g/mol. The van der Waals surface area contributed by atoms with Crippen molar-refractivity contribution in [2.45, 2.75) is 41.2 Å². The van der Waals surface area contributed by atoms with Crippen LogP contribution in [0.2, 0.25) is 0 Å². The van der Waals surface area contributed by atoms with Gasteiger partial charge in [-0.25, -0.2) is 4.98 Å². The van der Waals surface area contributed by atoms with Crippen LogP contribution in [-0.2, 0) is 6.54 Å². The second kappa shape index (κ2) is 8.17. The van der Waals surface area contributed by atoms with Crippen LogP contribution in [0.4, 0.5) is 0 Å². The van der Waals surface area contributed by atoms with E-state index in [9.17, 15) is 0 Å². The van der Waals surface area contributed by atoms with E-state index in [1.54, 1.807) is 0 Å². The minimum atomic E-state index is 0. The molecule has 0 aromatic carbocycles. The van der Waals surface area contributed by atoms with Gasteiger partial charge in [0.1, 0.15) is 0 Å². The Labute approximate surface area is 88.8 Å². The van der Waals surface area contributed by atoms with Gasteiger partial charge in [0.2, 0.25) is 0 Å². The van der Waals surface area contributed by atoms with Gasteiger partial charge in [-0.05, 0) is 12.8 Å². The second-order valence-electron chi connectivity index (χ2n) is 3.08. The first-order valence-corrected chi connectivity index (χ1v) is 4.67. The molecule has 0 unspecified atom stereocenters. The Morgan fingerprint density at radius 1 is 1.38 bits per heavy atom. The Morgan fingerprint density at radius 3 is 2.23 bits per heavy atom. The highest BCUT2D eigenvalue weighted by atomic mass is 32.1. The van der Waals surface area contributed by atoms with Crippen molar-refractivity contribution < 1.29 is 0 Å². The molecule has 2 nitrogen and oxygen atoms in total. The number of nitrogens with zero attached hydrogens (tertiary/aromatic N) is 2. The predicted molar refractivity (Wildman–Crippen MR) is 63.5 cm³/mol.